The fourth-order valence-corrected chi connectivity index (χ4v) is 2.57. The molecule has 0 saturated carbocycles. The molecular weight excluding hydrogens is 293 g/mol. The Balaban J connectivity index is 2.61. The highest BCUT2D eigenvalue weighted by Gasteiger charge is 2.42. The molecule has 0 aromatic carbocycles. The largest absolute Gasteiger partial charge is 0.459 e. The van der Waals surface area contributed by atoms with Gasteiger partial charge in [-0.1, -0.05) is 22.6 Å². The summed E-state index contributed by atoms with van der Waals surface area (Å²) in [6.45, 7) is 8.48. The molecule has 2 atom stereocenters. The van der Waals surface area contributed by atoms with Gasteiger partial charge in [-0.05, 0) is 34.1 Å². The first-order valence-corrected chi connectivity index (χ1v) is 6.10. The normalized spacial score (nSPS) is 33.1. The number of nitrogens with one attached hydrogen (secondary N) is 1. The van der Waals surface area contributed by atoms with Crippen LogP contribution < -0.4 is 5.32 Å². The molecule has 1 N–H and O–H groups in total. The average molecular weight is 311 g/mol. The van der Waals surface area contributed by atoms with Crippen molar-refractivity contribution in [1.82, 2.24) is 5.32 Å². The lowest BCUT2D eigenvalue weighted by Crippen LogP contribution is -2.48. The molecule has 0 unspecified atom stereocenters. The molecule has 1 aliphatic heterocycles. The molecule has 82 valence electrons. The Morgan fingerprint density at radius 3 is 2.50 bits per heavy atom. The van der Waals surface area contributed by atoms with Crippen LogP contribution in [0.1, 0.15) is 34.1 Å². The highest BCUT2D eigenvalue weighted by atomic mass is 127. The van der Waals surface area contributed by atoms with Gasteiger partial charge in [-0.25, -0.2) is 0 Å². The zero-order valence-electron chi connectivity index (χ0n) is 9.19. The maximum atomic E-state index is 11.8. The van der Waals surface area contributed by atoms with E-state index < -0.39 is 11.1 Å². The number of halogens is 1. The lowest BCUT2D eigenvalue weighted by molar-refractivity contribution is -0.161. The Hall–Kier alpha value is 0.160. The van der Waals surface area contributed by atoms with E-state index in [-0.39, 0.29) is 5.97 Å². The number of carbonyl (C=O) groups is 1. The fraction of sp³-hybridized carbons (Fsp3) is 0.900. The number of esters is 1. The number of hydrogen-bond donors (Lipinski definition) is 1. The van der Waals surface area contributed by atoms with Crippen molar-refractivity contribution in [2.75, 3.05) is 6.54 Å². The highest BCUT2D eigenvalue weighted by Crippen LogP contribution is 2.27. The van der Waals surface area contributed by atoms with Crippen molar-refractivity contribution in [2.24, 2.45) is 0 Å². The van der Waals surface area contributed by atoms with Gasteiger partial charge in [0.05, 0.1) is 0 Å². The second kappa shape index (κ2) is 3.96. The van der Waals surface area contributed by atoms with Crippen LogP contribution in [-0.2, 0) is 9.53 Å². The van der Waals surface area contributed by atoms with E-state index in [2.05, 4.69) is 27.9 Å². The summed E-state index contributed by atoms with van der Waals surface area (Å²) in [5.74, 6) is -0.135. The Bertz CT molecular complexity index is 237. The predicted octanol–water partition coefficient (Wildman–Crippen LogP) is 1.88. The van der Waals surface area contributed by atoms with Gasteiger partial charge < -0.3 is 10.1 Å². The van der Waals surface area contributed by atoms with Crippen molar-refractivity contribution in [3.8, 4) is 0 Å². The molecule has 1 saturated heterocycles. The summed E-state index contributed by atoms with van der Waals surface area (Å²) in [7, 11) is 0. The van der Waals surface area contributed by atoms with Crippen LogP contribution in [0.5, 0.6) is 0 Å². The zero-order chi connectivity index (χ0) is 11.0. The zero-order valence-corrected chi connectivity index (χ0v) is 11.3. The van der Waals surface area contributed by atoms with Crippen LogP contribution in [0, 0.1) is 0 Å². The fourth-order valence-electron chi connectivity index (χ4n) is 1.47. The van der Waals surface area contributed by atoms with E-state index in [1.165, 1.54) is 0 Å². The monoisotopic (exact) mass is 311 g/mol. The van der Waals surface area contributed by atoms with Crippen molar-refractivity contribution in [3.63, 3.8) is 0 Å². The summed E-state index contributed by atoms with van der Waals surface area (Å²) < 4.78 is 5.89. The molecule has 1 fully saturated rings. The van der Waals surface area contributed by atoms with Gasteiger partial charge in [-0.2, -0.15) is 0 Å². The summed E-state index contributed by atoms with van der Waals surface area (Å²) in [4.78, 5) is 11.8. The van der Waals surface area contributed by atoms with Gasteiger partial charge in [0, 0.05) is 10.5 Å². The molecule has 0 radical (unpaired) electrons. The van der Waals surface area contributed by atoms with Crippen LogP contribution in [0.4, 0.5) is 0 Å². The maximum Gasteiger partial charge on any atom is 0.326 e. The minimum absolute atomic E-state index is 0.135. The van der Waals surface area contributed by atoms with Gasteiger partial charge in [-0.15, -0.1) is 0 Å². The van der Waals surface area contributed by atoms with Gasteiger partial charge in [0.2, 0.25) is 0 Å². The highest BCUT2D eigenvalue weighted by molar-refractivity contribution is 14.1. The Morgan fingerprint density at radius 2 is 2.14 bits per heavy atom. The van der Waals surface area contributed by atoms with Gasteiger partial charge in [0.15, 0.2) is 0 Å². The summed E-state index contributed by atoms with van der Waals surface area (Å²) in [6, 6.07) is 0. The van der Waals surface area contributed by atoms with Gasteiger partial charge in [0.25, 0.3) is 0 Å². The summed E-state index contributed by atoms with van der Waals surface area (Å²) >= 11 is 2.36. The van der Waals surface area contributed by atoms with E-state index in [1.54, 1.807) is 0 Å². The van der Waals surface area contributed by atoms with Crippen LogP contribution in [0.15, 0.2) is 0 Å². The third-order valence-electron chi connectivity index (χ3n) is 2.19. The second-order valence-corrected chi connectivity index (χ2v) is 6.78. The Morgan fingerprint density at radius 1 is 1.57 bits per heavy atom. The molecule has 4 heteroatoms. The van der Waals surface area contributed by atoms with Crippen LogP contribution in [0.3, 0.4) is 0 Å². The molecule has 1 rings (SSSR count). The van der Waals surface area contributed by atoms with Gasteiger partial charge in [-0.3, -0.25) is 4.79 Å². The van der Waals surface area contributed by atoms with E-state index in [0.29, 0.717) is 3.92 Å². The molecular formula is C10H18INO2. The minimum Gasteiger partial charge on any atom is -0.459 e. The second-order valence-electron chi connectivity index (χ2n) is 5.02. The molecule has 14 heavy (non-hydrogen) atoms. The Labute approximate surface area is 99.1 Å². The standard InChI is InChI=1S/C10H18INO2/c1-9(2,3)14-8(13)10(4)5-7(11)6-12-10/h7,12H,5-6H2,1-4H3/t7-,10-/m1/s1. The number of rotatable bonds is 1. The van der Waals surface area contributed by atoms with Crippen LogP contribution in [0.25, 0.3) is 0 Å². The van der Waals surface area contributed by atoms with Crippen LogP contribution in [-0.4, -0.2) is 27.6 Å². The molecule has 0 spiro atoms. The quantitative estimate of drug-likeness (QED) is 0.456. The molecule has 0 aromatic rings. The molecule has 0 aromatic heterocycles. The lowest BCUT2D eigenvalue weighted by Gasteiger charge is -2.28. The first kappa shape index (κ1) is 12.2. The Kier molecular flexibility index (Phi) is 3.46. The lowest BCUT2D eigenvalue weighted by atomic mass is 10.0. The average Bonchev–Trinajstić information content (AvgIpc) is 2.29. The van der Waals surface area contributed by atoms with E-state index in [9.17, 15) is 4.79 Å². The van der Waals surface area contributed by atoms with E-state index in [0.717, 1.165) is 13.0 Å². The SMILES string of the molecule is CC(C)(C)OC(=O)[C@@]1(C)C[C@@H](I)CN1. The van der Waals surface area contributed by atoms with E-state index in [4.69, 9.17) is 4.74 Å². The van der Waals surface area contributed by atoms with Crippen molar-refractivity contribution < 1.29 is 9.53 Å². The van der Waals surface area contributed by atoms with Crippen molar-refractivity contribution in [2.45, 2.75) is 49.2 Å². The van der Waals surface area contributed by atoms with Crippen LogP contribution >= 0.6 is 22.6 Å². The number of carbonyl (C=O) groups excluding carboxylic acids is 1. The summed E-state index contributed by atoms with van der Waals surface area (Å²) in [6.07, 6.45) is 0.850. The number of ether oxygens (including phenoxy) is 1. The molecule has 0 aliphatic carbocycles. The minimum atomic E-state index is -0.487. The topological polar surface area (TPSA) is 38.3 Å². The third-order valence-corrected chi connectivity index (χ3v) is 3.07. The maximum absolute atomic E-state index is 11.8. The van der Waals surface area contributed by atoms with Gasteiger partial charge in [0.1, 0.15) is 11.1 Å². The molecule has 1 aliphatic rings. The predicted molar refractivity (Wildman–Crippen MR) is 64.7 cm³/mol. The van der Waals surface area contributed by atoms with Crippen LogP contribution in [0.2, 0.25) is 0 Å². The molecule has 0 bridgehead atoms. The third kappa shape index (κ3) is 3.08. The van der Waals surface area contributed by atoms with Crippen molar-refractivity contribution >= 4 is 28.6 Å². The molecule has 0 amide bonds. The van der Waals surface area contributed by atoms with E-state index >= 15 is 0 Å². The van der Waals surface area contributed by atoms with Crippen molar-refractivity contribution in [3.05, 3.63) is 0 Å². The first-order valence-electron chi connectivity index (χ1n) is 4.85. The van der Waals surface area contributed by atoms with E-state index in [1.807, 2.05) is 27.7 Å². The smallest absolute Gasteiger partial charge is 0.326 e. The molecule has 3 nitrogen and oxygen atoms in total. The number of alkyl halides is 1. The van der Waals surface area contributed by atoms with Crippen molar-refractivity contribution in [1.29, 1.82) is 0 Å². The molecule has 1 heterocycles. The summed E-state index contributed by atoms with van der Waals surface area (Å²) in [5.41, 5.74) is -0.885. The number of hydrogen-bond acceptors (Lipinski definition) is 3. The van der Waals surface area contributed by atoms with Gasteiger partial charge >= 0.3 is 5.97 Å². The summed E-state index contributed by atoms with van der Waals surface area (Å²) in [5, 5.41) is 3.22. The first-order chi connectivity index (χ1) is 6.23.